The number of carboxylic acids is 2. The Morgan fingerprint density at radius 3 is 2.18 bits per heavy atom. The van der Waals surface area contributed by atoms with Crippen molar-refractivity contribution >= 4 is 11.9 Å². The molecule has 0 bridgehead atoms. The quantitative estimate of drug-likeness (QED) is 0.333. The van der Waals surface area contributed by atoms with Crippen molar-refractivity contribution in [2.45, 2.75) is 67.0 Å². The van der Waals surface area contributed by atoms with Gasteiger partial charge < -0.3 is 24.4 Å². The lowest BCUT2D eigenvalue weighted by atomic mass is 9.96. The number of benzene rings is 2. The zero-order chi connectivity index (χ0) is 28.7. The summed E-state index contributed by atoms with van der Waals surface area (Å²) < 4.78 is 18.0. The third-order valence-electron chi connectivity index (χ3n) is 6.64. The monoisotopic (exact) mass is 527 g/mol. The Morgan fingerprint density at radius 2 is 1.66 bits per heavy atom. The Morgan fingerprint density at radius 1 is 1.03 bits per heavy atom. The average Bonchev–Trinajstić information content (AvgIpc) is 2.83. The van der Waals surface area contributed by atoms with Crippen LogP contribution in [0.3, 0.4) is 0 Å². The molecule has 2 N–H and O–H groups in total. The molecule has 1 atom stereocenters. The predicted octanol–water partition coefficient (Wildman–Crippen LogP) is 5.43. The lowest BCUT2D eigenvalue weighted by molar-refractivity contribution is -0.136. The number of methoxy groups -OCH3 is 1. The molecule has 208 valence electrons. The van der Waals surface area contributed by atoms with Gasteiger partial charge in [0.15, 0.2) is 0 Å². The maximum atomic E-state index is 12.2. The molecule has 0 amide bonds. The minimum atomic E-state index is -1.35. The van der Waals surface area contributed by atoms with Crippen LogP contribution in [0.4, 0.5) is 0 Å². The highest BCUT2D eigenvalue weighted by atomic mass is 16.5. The largest absolute Gasteiger partial charge is 0.496 e. The fourth-order valence-electron chi connectivity index (χ4n) is 4.60. The van der Waals surface area contributed by atoms with Gasteiger partial charge in [0.2, 0.25) is 0 Å². The first kappa shape index (κ1) is 30.7. The normalized spacial score (nSPS) is 12.6. The van der Waals surface area contributed by atoms with E-state index in [1.807, 2.05) is 78.6 Å². The SMILES string of the molecule is CCOc1c(C)c(C)c(OC)c(CN(C)CC(Oc2cc(C)ccc2C(C)C)/C(=C/C(=O)O)C(=O)O)c1C. The van der Waals surface area contributed by atoms with Crippen LogP contribution in [0.25, 0.3) is 0 Å². The summed E-state index contributed by atoms with van der Waals surface area (Å²) in [6, 6.07) is 5.78. The van der Waals surface area contributed by atoms with Gasteiger partial charge in [0, 0.05) is 24.7 Å². The topological polar surface area (TPSA) is 106 Å². The summed E-state index contributed by atoms with van der Waals surface area (Å²) in [4.78, 5) is 25.6. The molecule has 2 aromatic carbocycles. The lowest BCUT2D eigenvalue weighted by Crippen LogP contribution is -2.37. The number of nitrogens with zero attached hydrogens (tertiary/aromatic N) is 1. The number of likely N-dealkylation sites (N-methyl/N-ethyl adjacent to an activating group) is 1. The first-order valence-electron chi connectivity index (χ1n) is 12.7. The smallest absolute Gasteiger partial charge is 0.335 e. The first-order valence-corrected chi connectivity index (χ1v) is 12.7. The fourth-order valence-corrected chi connectivity index (χ4v) is 4.60. The van der Waals surface area contributed by atoms with E-state index in [0.29, 0.717) is 25.0 Å². The van der Waals surface area contributed by atoms with Gasteiger partial charge in [0.25, 0.3) is 0 Å². The van der Waals surface area contributed by atoms with E-state index in [4.69, 9.17) is 14.2 Å². The molecule has 8 heteroatoms. The molecular formula is C30H41NO7. The van der Waals surface area contributed by atoms with Crippen LogP contribution in [-0.4, -0.2) is 60.5 Å². The van der Waals surface area contributed by atoms with Gasteiger partial charge >= 0.3 is 11.9 Å². The van der Waals surface area contributed by atoms with Crippen molar-refractivity contribution < 1.29 is 34.0 Å². The number of carbonyl (C=O) groups is 2. The Balaban J connectivity index is 2.54. The van der Waals surface area contributed by atoms with E-state index in [1.165, 1.54) is 0 Å². The van der Waals surface area contributed by atoms with Crippen molar-refractivity contribution in [3.63, 3.8) is 0 Å². The molecule has 2 rings (SSSR count). The standard InChI is InChI=1S/C30H41NO7/c1-10-37-28-19(5)20(6)29(36-9)24(21(28)7)15-31(8)16-26(23(30(34)35)14-27(32)33)38-25-13-18(4)11-12-22(25)17(2)3/h11-14,17,26H,10,15-16H2,1-9H3,(H,32,33)(H,34,35)/b23-14-. The minimum absolute atomic E-state index is 0.121. The molecule has 0 spiro atoms. The number of aryl methyl sites for hydroxylation is 1. The number of hydrogen-bond acceptors (Lipinski definition) is 6. The van der Waals surface area contributed by atoms with Crippen LogP contribution in [0.1, 0.15) is 60.1 Å². The maximum absolute atomic E-state index is 12.2. The van der Waals surface area contributed by atoms with Gasteiger partial charge in [-0.05, 0) is 81.5 Å². The molecule has 0 saturated heterocycles. The molecular weight excluding hydrogens is 486 g/mol. The Kier molecular flexibility index (Phi) is 10.8. The van der Waals surface area contributed by atoms with Gasteiger partial charge in [-0.15, -0.1) is 0 Å². The molecule has 0 saturated carbocycles. The highest BCUT2D eigenvalue weighted by molar-refractivity contribution is 5.95. The molecule has 0 aliphatic heterocycles. The molecule has 38 heavy (non-hydrogen) atoms. The van der Waals surface area contributed by atoms with Crippen LogP contribution in [0.5, 0.6) is 17.2 Å². The second-order valence-electron chi connectivity index (χ2n) is 9.89. The van der Waals surface area contributed by atoms with E-state index in [-0.39, 0.29) is 18.0 Å². The van der Waals surface area contributed by atoms with Gasteiger partial charge in [-0.2, -0.15) is 0 Å². The summed E-state index contributed by atoms with van der Waals surface area (Å²) in [6.45, 7) is 14.9. The van der Waals surface area contributed by atoms with Crippen molar-refractivity contribution in [1.29, 1.82) is 0 Å². The summed E-state index contributed by atoms with van der Waals surface area (Å²) in [7, 11) is 3.46. The first-order chi connectivity index (χ1) is 17.8. The zero-order valence-electron chi connectivity index (χ0n) is 24.0. The van der Waals surface area contributed by atoms with Gasteiger partial charge in [-0.1, -0.05) is 26.0 Å². The van der Waals surface area contributed by atoms with Crippen LogP contribution >= 0.6 is 0 Å². The molecule has 2 aromatic rings. The second-order valence-corrected chi connectivity index (χ2v) is 9.89. The Hall–Kier alpha value is -3.52. The highest BCUT2D eigenvalue weighted by Gasteiger charge is 2.28. The van der Waals surface area contributed by atoms with Crippen molar-refractivity contribution in [3.8, 4) is 17.2 Å². The lowest BCUT2D eigenvalue weighted by Gasteiger charge is -2.29. The van der Waals surface area contributed by atoms with E-state index in [0.717, 1.165) is 44.9 Å². The molecule has 0 heterocycles. The third-order valence-corrected chi connectivity index (χ3v) is 6.64. The molecule has 0 aromatic heterocycles. The second kappa shape index (κ2) is 13.3. The van der Waals surface area contributed by atoms with Crippen molar-refractivity contribution in [1.82, 2.24) is 4.90 Å². The Bertz CT molecular complexity index is 1200. The molecule has 8 nitrogen and oxygen atoms in total. The van der Waals surface area contributed by atoms with E-state index >= 15 is 0 Å². The van der Waals surface area contributed by atoms with Crippen LogP contribution in [0.2, 0.25) is 0 Å². The van der Waals surface area contributed by atoms with Crippen molar-refractivity contribution in [2.75, 3.05) is 27.3 Å². The van der Waals surface area contributed by atoms with Crippen LogP contribution in [0.15, 0.2) is 29.8 Å². The number of aliphatic carboxylic acids is 2. The number of carboxylic acid groups (broad SMARTS) is 2. The van der Waals surface area contributed by atoms with Crippen LogP contribution < -0.4 is 14.2 Å². The number of rotatable bonds is 13. The minimum Gasteiger partial charge on any atom is -0.496 e. The van der Waals surface area contributed by atoms with E-state index in [9.17, 15) is 19.8 Å². The van der Waals surface area contributed by atoms with E-state index < -0.39 is 18.0 Å². The average molecular weight is 528 g/mol. The highest BCUT2D eigenvalue weighted by Crippen LogP contribution is 2.38. The fraction of sp³-hybridized carbons (Fsp3) is 0.467. The van der Waals surface area contributed by atoms with Crippen molar-refractivity contribution in [2.24, 2.45) is 0 Å². The molecule has 0 radical (unpaired) electrons. The van der Waals surface area contributed by atoms with Crippen LogP contribution in [0, 0.1) is 27.7 Å². The summed E-state index contributed by atoms with van der Waals surface area (Å²) in [5, 5.41) is 19.3. The zero-order valence-corrected chi connectivity index (χ0v) is 24.0. The van der Waals surface area contributed by atoms with Gasteiger partial charge in [-0.25, -0.2) is 9.59 Å². The molecule has 0 aliphatic rings. The summed E-state index contributed by atoms with van der Waals surface area (Å²) in [6.07, 6.45) is -0.335. The molecule has 0 aliphatic carbocycles. The summed E-state index contributed by atoms with van der Waals surface area (Å²) in [5.74, 6) is -0.480. The van der Waals surface area contributed by atoms with E-state index in [1.54, 1.807) is 7.11 Å². The molecule has 0 fully saturated rings. The number of ether oxygens (including phenoxy) is 3. The number of hydrogen-bond donors (Lipinski definition) is 2. The van der Waals surface area contributed by atoms with Gasteiger partial charge in [0.05, 0.1) is 19.3 Å². The van der Waals surface area contributed by atoms with Crippen LogP contribution in [-0.2, 0) is 16.1 Å². The summed E-state index contributed by atoms with van der Waals surface area (Å²) in [5.41, 5.74) is 5.36. The van der Waals surface area contributed by atoms with Gasteiger partial charge in [0.1, 0.15) is 23.4 Å². The Labute approximate surface area is 225 Å². The molecule has 1 unspecified atom stereocenters. The van der Waals surface area contributed by atoms with E-state index in [2.05, 4.69) is 0 Å². The summed E-state index contributed by atoms with van der Waals surface area (Å²) >= 11 is 0. The predicted molar refractivity (Wildman–Crippen MR) is 148 cm³/mol. The maximum Gasteiger partial charge on any atom is 0.335 e. The van der Waals surface area contributed by atoms with Gasteiger partial charge in [-0.3, -0.25) is 4.90 Å². The van der Waals surface area contributed by atoms with Crippen molar-refractivity contribution in [3.05, 3.63) is 63.2 Å². The third kappa shape index (κ3) is 7.28.